The second-order valence-electron chi connectivity index (χ2n) is 6.19. The minimum Gasteiger partial charge on any atom is -0.330 e. The van der Waals surface area contributed by atoms with E-state index < -0.39 is 28.0 Å². The van der Waals surface area contributed by atoms with Gasteiger partial charge in [0.2, 0.25) is 15.9 Å². The van der Waals surface area contributed by atoms with Crippen molar-refractivity contribution >= 4 is 44.8 Å². The molecule has 0 aliphatic rings. The third kappa shape index (κ3) is 6.25. The van der Waals surface area contributed by atoms with Gasteiger partial charge >= 0.3 is 0 Å². The number of nitrogens with two attached hydrogens (primary N) is 1. The molecule has 0 spiro atoms. The number of hydrogen-bond donors (Lipinski definition) is 3. The molecule has 2 aromatic rings. The number of nitrogens with one attached hydrogen (secondary N) is 2. The van der Waals surface area contributed by atoms with Crippen molar-refractivity contribution < 1.29 is 13.2 Å². The maximum absolute atomic E-state index is 12.5. The van der Waals surface area contributed by atoms with E-state index in [4.69, 9.17) is 28.9 Å². The lowest BCUT2D eigenvalue weighted by Gasteiger charge is -2.12. The first-order chi connectivity index (χ1) is 13.7. The summed E-state index contributed by atoms with van der Waals surface area (Å²) in [6.45, 7) is 1.99. The number of sulfonamides is 1. The molecule has 0 aliphatic heterocycles. The van der Waals surface area contributed by atoms with Gasteiger partial charge in [-0.05, 0) is 44.0 Å². The molecular formula is C17H21Cl2N5O4S. The van der Waals surface area contributed by atoms with Crippen LogP contribution in [0.2, 0.25) is 10.0 Å². The zero-order chi connectivity index (χ0) is 21.6. The number of rotatable bonds is 9. The highest BCUT2D eigenvalue weighted by molar-refractivity contribution is 7.89. The number of unbranched alkanes of at least 4 members (excludes halogenated alkanes) is 1. The van der Waals surface area contributed by atoms with Gasteiger partial charge in [-0.3, -0.25) is 9.59 Å². The van der Waals surface area contributed by atoms with Gasteiger partial charge in [0, 0.05) is 12.2 Å². The van der Waals surface area contributed by atoms with Gasteiger partial charge in [0.25, 0.3) is 5.56 Å². The number of aromatic nitrogens is 2. The Morgan fingerprint density at radius 2 is 2.00 bits per heavy atom. The zero-order valence-electron chi connectivity index (χ0n) is 15.6. The lowest BCUT2D eigenvalue weighted by molar-refractivity contribution is -0.117. The smallest absolute Gasteiger partial charge is 0.287 e. The number of benzene rings is 1. The third-order valence-electron chi connectivity index (χ3n) is 3.92. The minimum atomic E-state index is -3.75. The first kappa shape index (κ1) is 23.3. The topological polar surface area (TPSA) is 136 Å². The van der Waals surface area contributed by atoms with Gasteiger partial charge < -0.3 is 11.1 Å². The molecule has 12 heteroatoms. The van der Waals surface area contributed by atoms with Gasteiger partial charge in [0.1, 0.15) is 11.6 Å². The first-order valence-corrected chi connectivity index (χ1v) is 10.9. The fraction of sp³-hybridized carbons (Fsp3) is 0.353. The quantitative estimate of drug-likeness (QED) is 0.484. The summed E-state index contributed by atoms with van der Waals surface area (Å²) in [5.74, 6) is -0.582. The van der Waals surface area contributed by atoms with E-state index in [0.717, 1.165) is 10.9 Å². The Bertz CT molecular complexity index is 1060. The van der Waals surface area contributed by atoms with Crippen LogP contribution in [0.4, 0.5) is 5.69 Å². The van der Waals surface area contributed by atoms with Crippen molar-refractivity contribution in [3.63, 3.8) is 0 Å². The molecule has 0 saturated heterocycles. The molecule has 2 rings (SSSR count). The van der Waals surface area contributed by atoms with Crippen LogP contribution in [-0.2, 0) is 21.4 Å². The number of halogens is 2. The summed E-state index contributed by atoms with van der Waals surface area (Å²) in [5.41, 5.74) is 5.48. The molecule has 9 nitrogen and oxygen atoms in total. The van der Waals surface area contributed by atoms with E-state index in [1.54, 1.807) is 19.1 Å². The molecule has 1 amide bonds. The summed E-state index contributed by atoms with van der Waals surface area (Å²) in [6.07, 6.45) is 2.49. The molecule has 0 fully saturated rings. The number of hydrogen-bond acceptors (Lipinski definition) is 6. The second-order valence-corrected chi connectivity index (χ2v) is 8.71. The van der Waals surface area contributed by atoms with E-state index in [1.807, 2.05) is 0 Å². The van der Waals surface area contributed by atoms with E-state index in [9.17, 15) is 18.0 Å². The molecule has 1 aromatic carbocycles. The Hall–Kier alpha value is -1.98. The highest BCUT2D eigenvalue weighted by Crippen LogP contribution is 2.20. The van der Waals surface area contributed by atoms with Gasteiger partial charge in [-0.1, -0.05) is 29.3 Å². The summed E-state index contributed by atoms with van der Waals surface area (Å²) in [7, 11) is -3.75. The van der Waals surface area contributed by atoms with E-state index in [0.29, 0.717) is 24.9 Å². The standard InChI is InChI=1S/C17H21Cl2N5O4S/c1-11-4-5-12(8-14(11)29(27,28)22-7-3-2-6-20)23-15(25)10-24-17(26)16(19)13(18)9-21-24/h4-5,8-9,22H,2-3,6-7,10,20H2,1H3,(H,23,25). The van der Waals surface area contributed by atoms with Crippen LogP contribution in [0.5, 0.6) is 0 Å². The first-order valence-electron chi connectivity index (χ1n) is 8.67. The fourth-order valence-electron chi connectivity index (χ4n) is 2.42. The normalized spacial score (nSPS) is 11.4. The Morgan fingerprint density at radius 3 is 2.69 bits per heavy atom. The Kier molecular flexibility index (Phi) is 8.17. The highest BCUT2D eigenvalue weighted by atomic mass is 35.5. The van der Waals surface area contributed by atoms with Crippen molar-refractivity contribution in [1.29, 1.82) is 0 Å². The molecule has 0 bridgehead atoms. The van der Waals surface area contributed by atoms with Gasteiger partial charge in [-0.15, -0.1) is 0 Å². The summed E-state index contributed by atoms with van der Waals surface area (Å²) < 4.78 is 28.4. The largest absolute Gasteiger partial charge is 0.330 e. The SMILES string of the molecule is Cc1ccc(NC(=O)Cn2ncc(Cl)c(Cl)c2=O)cc1S(=O)(=O)NCCCCN. The molecule has 0 unspecified atom stereocenters. The van der Waals surface area contributed by atoms with Gasteiger partial charge in [-0.25, -0.2) is 17.8 Å². The van der Waals surface area contributed by atoms with Gasteiger partial charge in [0.15, 0.2) is 0 Å². The molecule has 158 valence electrons. The van der Waals surface area contributed by atoms with Crippen LogP contribution in [0.3, 0.4) is 0 Å². The number of carbonyl (C=O) groups is 1. The zero-order valence-corrected chi connectivity index (χ0v) is 17.9. The number of carbonyl (C=O) groups excluding carboxylic acids is 1. The van der Waals surface area contributed by atoms with Crippen molar-refractivity contribution in [1.82, 2.24) is 14.5 Å². The Balaban J connectivity index is 2.14. The van der Waals surface area contributed by atoms with Crippen molar-refractivity contribution in [2.45, 2.75) is 31.2 Å². The summed E-state index contributed by atoms with van der Waals surface area (Å²) in [6, 6.07) is 4.49. The van der Waals surface area contributed by atoms with E-state index in [1.165, 1.54) is 6.07 Å². The molecule has 0 saturated carbocycles. The van der Waals surface area contributed by atoms with Crippen molar-refractivity contribution in [3.05, 3.63) is 50.4 Å². The number of amides is 1. The third-order valence-corrected chi connectivity index (χ3v) is 6.27. The Labute approximate surface area is 178 Å². The van der Waals surface area contributed by atoms with Crippen LogP contribution >= 0.6 is 23.2 Å². The lowest BCUT2D eigenvalue weighted by atomic mass is 10.2. The Morgan fingerprint density at radius 1 is 1.28 bits per heavy atom. The lowest BCUT2D eigenvalue weighted by Crippen LogP contribution is -2.30. The van der Waals surface area contributed by atoms with Crippen LogP contribution in [0.1, 0.15) is 18.4 Å². The summed E-state index contributed by atoms with van der Waals surface area (Å²) >= 11 is 11.5. The van der Waals surface area contributed by atoms with Crippen LogP contribution < -0.4 is 21.3 Å². The molecule has 1 aromatic heterocycles. The summed E-state index contributed by atoms with van der Waals surface area (Å²) in [5, 5.41) is 6.05. The molecule has 1 heterocycles. The molecule has 4 N–H and O–H groups in total. The molecule has 0 radical (unpaired) electrons. The highest BCUT2D eigenvalue weighted by Gasteiger charge is 2.18. The fourth-order valence-corrected chi connectivity index (χ4v) is 4.03. The number of anilines is 1. The van der Waals surface area contributed by atoms with Gasteiger partial charge in [0.05, 0.1) is 16.1 Å². The van der Waals surface area contributed by atoms with Crippen molar-refractivity contribution in [2.75, 3.05) is 18.4 Å². The van der Waals surface area contributed by atoms with Crippen LogP contribution in [-0.4, -0.2) is 37.2 Å². The van der Waals surface area contributed by atoms with E-state index in [-0.39, 0.29) is 27.2 Å². The van der Waals surface area contributed by atoms with Crippen LogP contribution in [0.15, 0.2) is 34.1 Å². The predicted molar refractivity (Wildman–Crippen MR) is 112 cm³/mol. The number of aryl methyl sites for hydroxylation is 1. The van der Waals surface area contributed by atoms with Crippen molar-refractivity contribution in [2.24, 2.45) is 5.73 Å². The second kappa shape index (κ2) is 10.2. The number of nitrogens with zero attached hydrogens (tertiary/aromatic N) is 2. The molecule has 0 aliphatic carbocycles. The van der Waals surface area contributed by atoms with Crippen LogP contribution in [0, 0.1) is 6.92 Å². The molecule has 29 heavy (non-hydrogen) atoms. The van der Waals surface area contributed by atoms with Crippen LogP contribution in [0.25, 0.3) is 0 Å². The van der Waals surface area contributed by atoms with Gasteiger partial charge in [-0.2, -0.15) is 5.10 Å². The van der Waals surface area contributed by atoms with E-state index in [2.05, 4.69) is 15.1 Å². The summed E-state index contributed by atoms with van der Waals surface area (Å²) in [4.78, 5) is 24.3. The van der Waals surface area contributed by atoms with Crippen molar-refractivity contribution in [3.8, 4) is 0 Å². The molecular weight excluding hydrogens is 441 g/mol. The minimum absolute atomic E-state index is 0.0133. The monoisotopic (exact) mass is 461 g/mol. The maximum Gasteiger partial charge on any atom is 0.287 e. The average Bonchev–Trinajstić information content (AvgIpc) is 2.67. The predicted octanol–water partition coefficient (Wildman–Crippen LogP) is 1.51. The molecule has 0 atom stereocenters. The van der Waals surface area contributed by atoms with E-state index >= 15 is 0 Å². The average molecular weight is 462 g/mol. The maximum atomic E-state index is 12.5.